The van der Waals surface area contributed by atoms with E-state index in [1.54, 1.807) is 24.3 Å². The first-order chi connectivity index (χ1) is 13.0. The highest BCUT2D eigenvalue weighted by Gasteiger charge is 2.94. The zero-order chi connectivity index (χ0) is 18.6. The van der Waals surface area contributed by atoms with Crippen molar-refractivity contribution < 1.29 is 28.6 Å². The van der Waals surface area contributed by atoms with Crippen LogP contribution in [0.5, 0.6) is 11.5 Å². The van der Waals surface area contributed by atoms with Crippen molar-refractivity contribution in [2.45, 2.75) is 17.0 Å². The number of halogens is 1. The highest BCUT2D eigenvalue weighted by molar-refractivity contribution is 6.49. The van der Waals surface area contributed by atoms with Crippen molar-refractivity contribution in [1.82, 2.24) is 0 Å². The molecule has 2 aromatic carbocycles. The first-order valence-electron chi connectivity index (χ1n) is 8.25. The first-order valence-corrected chi connectivity index (χ1v) is 8.63. The number of epoxide rings is 1. The molecule has 2 atom stereocenters. The average Bonchev–Trinajstić information content (AvgIpc) is 3.39. The number of ether oxygens (including phenoxy) is 3. The van der Waals surface area contributed by atoms with Crippen LogP contribution < -0.4 is 9.47 Å². The predicted octanol–water partition coefficient (Wildman–Crippen LogP) is 2.23. The van der Waals surface area contributed by atoms with Crippen LogP contribution in [-0.2, 0) is 19.1 Å². The average molecular weight is 381 g/mol. The molecule has 1 saturated heterocycles. The quantitative estimate of drug-likeness (QED) is 0.515. The van der Waals surface area contributed by atoms with Gasteiger partial charge in [0.2, 0.25) is 11.4 Å². The number of benzene rings is 2. The monoisotopic (exact) mass is 380 g/mol. The molecule has 1 spiro atoms. The minimum Gasteiger partial charge on any atom is -0.445 e. The summed E-state index contributed by atoms with van der Waals surface area (Å²) in [4.78, 5) is 38.1. The van der Waals surface area contributed by atoms with Gasteiger partial charge in [0.15, 0.2) is 11.6 Å². The second-order valence-electron chi connectivity index (χ2n) is 6.83. The molecule has 1 fully saturated rings. The number of hydrogen-bond donors (Lipinski definition) is 0. The minimum absolute atomic E-state index is 0.272. The van der Waals surface area contributed by atoms with Crippen molar-refractivity contribution in [3.8, 4) is 11.5 Å². The van der Waals surface area contributed by atoms with Crippen LogP contribution in [0, 0.1) is 0 Å². The Morgan fingerprint density at radius 2 is 1.48 bits per heavy atom. The summed E-state index contributed by atoms with van der Waals surface area (Å²) < 4.78 is 17.9. The molecule has 27 heavy (non-hydrogen) atoms. The van der Waals surface area contributed by atoms with Crippen LogP contribution >= 0.6 is 11.6 Å². The summed E-state index contributed by atoms with van der Waals surface area (Å²) in [6.45, 7) is 0. The van der Waals surface area contributed by atoms with Gasteiger partial charge in [-0.2, -0.15) is 0 Å². The summed E-state index contributed by atoms with van der Waals surface area (Å²) in [6, 6.07) is 10.8. The summed E-state index contributed by atoms with van der Waals surface area (Å²) in [6.07, 6.45) is 3.34. The Hall–Kier alpha value is -2.96. The lowest BCUT2D eigenvalue weighted by atomic mass is 9.70. The standard InChI is InChI=1S/C20H9ClO6/c21-11-9-18(20-15(23)8-7-14(22)19(20,27-20)17(11)24)25-12-5-1-3-10-4-2-6-13(26-18)16(10)12/h1-9H/t19-,20-/m1/s1. The van der Waals surface area contributed by atoms with Crippen molar-refractivity contribution in [1.29, 1.82) is 0 Å². The van der Waals surface area contributed by atoms with E-state index < -0.39 is 34.3 Å². The van der Waals surface area contributed by atoms with E-state index in [4.69, 9.17) is 25.8 Å². The summed E-state index contributed by atoms with van der Waals surface area (Å²) in [5.74, 6) is -2.97. The molecule has 0 N–H and O–H groups in total. The summed E-state index contributed by atoms with van der Waals surface area (Å²) in [5, 5.41) is 1.33. The largest absolute Gasteiger partial charge is 0.445 e. The van der Waals surface area contributed by atoms with Gasteiger partial charge in [-0.05, 0) is 29.7 Å². The van der Waals surface area contributed by atoms with Gasteiger partial charge in [0.05, 0.1) is 10.4 Å². The fourth-order valence-electron chi connectivity index (χ4n) is 4.34. The number of carbonyl (C=O) groups excluding carboxylic acids is 3. The summed E-state index contributed by atoms with van der Waals surface area (Å²) in [7, 11) is 0. The molecule has 4 aliphatic rings. The highest BCUT2D eigenvalue weighted by Crippen LogP contribution is 2.65. The Morgan fingerprint density at radius 1 is 0.852 bits per heavy atom. The molecule has 0 unspecified atom stereocenters. The van der Waals surface area contributed by atoms with Crippen molar-refractivity contribution >= 4 is 39.7 Å². The molecule has 132 valence electrons. The number of carbonyl (C=O) groups is 3. The number of rotatable bonds is 0. The maximum Gasteiger partial charge on any atom is 0.314 e. The Labute approximate surface area is 156 Å². The molecule has 6 rings (SSSR count). The minimum atomic E-state index is -2.04. The van der Waals surface area contributed by atoms with Gasteiger partial charge in [0.1, 0.15) is 11.5 Å². The fourth-order valence-corrected chi connectivity index (χ4v) is 4.62. The van der Waals surface area contributed by atoms with Crippen molar-refractivity contribution in [3.63, 3.8) is 0 Å². The van der Waals surface area contributed by atoms with E-state index in [1.807, 2.05) is 12.1 Å². The maximum atomic E-state index is 12.9. The van der Waals surface area contributed by atoms with Gasteiger partial charge in [0.25, 0.3) is 5.60 Å². The Bertz CT molecular complexity index is 1150. The molecule has 0 aromatic heterocycles. The molecule has 6 nitrogen and oxygen atoms in total. The third-order valence-corrected chi connectivity index (χ3v) is 5.82. The van der Waals surface area contributed by atoms with Crippen LogP contribution in [0.2, 0.25) is 0 Å². The maximum absolute atomic E-state index is 12.9. The smallest absolute Gasteiger partial charge is 0.314 e. The van der Waals surface area contributed by atoms with E-state index in [9.17, 15) is 14.4 Å². The van der Waals surface area contributed by atoms with Gasteiger partial charge in [0, 0.05) is 6.08 Å². The third-order valence-electron chi connectivity index (χ3n) is 5.54. The van der Waals surface area contributed by atoms with Crippen LogP contribution in [0.15, 0.2) is 59.7 Å². The molecule has 2 heterocycles. The topological polar surface area (TPSA) is 82.2 Å². The SMILES string of the molecule is O=C1C=CC(=O)[C@]23O[C@@]12C(=O)C(Cl)=CC31Oc2cccc3cccc(c23)O1. The molecule has 2 aliphatic heterocycles. The molecule has 7 heteroatoms. The van der Waals surface area contributed by atoms with Crippen molar-refractivity contribution in [3.05, 3.63) is 59.7 Å². The van der Waals surface area contributed by atoms with E-state index in [2.05, 4.69) is 0 Å². The first kappa shape index (κ1) is 15.1. The molecule has 2 aliphatic carbocycles. The Kier molecular flexibility index (Phi) is 2.41. The van der Waals surface area contributed by atoms with Gasteiger partial charge >= 0.3 is 5.79 Å². The summed E-state index contributed by atoms with van der Waals surface area (Å²) >= 11 is 6.15. The van der Waals surface area contributed by atoms with Gasteiger partial charge < -0.3 is 14.2 Å². The highest BCUT2D eigenvalue weighted by atomic mass is 35.5. The van der Waals surface area contributed by atoms with Gasteiger partial charge in [-0.1, -0.05) is 35.9 Å². The van der Waals surface area contributed by atoms with Gasteiger partial charge in [-0.3, -0.25) is 14.4 Å². The molecular formula is C20H9ClO6. The van der Waals surface area contributed by atoms with Crippen LogP contribution in [0.1, 0.15) is 0 Å². The van der Waals surface area contributed by atoms with Crippen LogP contribution in [0.25, 0.3) is 10.8 Å². The van der Waals surface area contributed by atoms with Crippen LogP contribution in [0.3, 0.4) is 0 Å². The zero-order valence-corrected chi connectivity index (χ0v) is 14.3. The lowest BCUT2D eigenvalue weighted by Gasteiger charge is -2.42. The van der Waals surface area contributed by atoms with E-state index >= 15 is 0 Å². The molecular weight excluding hydrogens is 372 g/mol. The number of ketones is 3. The van der Waals surface area contributed by atoms with Gasteiger partial charge in [-0.15, -0.1) is 0 Å². The third kappa shape index (κ3) is 1.41. The molecule has 0 amide bonds. The number of Topliss-reactive ketones (excluding diaryl/α,β-unsaturated/α-hetero) is 1. The van der Waals surface area contributed by atoms with E-state index in [0.717, 1.165) is 22.9 Å². The number of hydrogen-bond acceptors (Lipinski definition) is 6. The second-order valence-corrected chi connectivity index (χ2v) is 7.24. The van der Waals surface area contributed by atoms with Crippen LogP contribution in [0.4, 0.5) is 0 Å². The fraction of sp³-hybridized carbons (Fsp3) is 0.150. The Morgan fingerprint density at radius 3 is 2.15 bits per heavy atom. The molecule has 2 aromatic rings. The van der Waals surface area contributed by atoms with E-state index in [1.165, 1.54) is 6.08 Å². The molecule has 0 saturated carbocycles. The Balaban J connectivity index is 1.66. The molecule has 0 radical (unpaired) electrons. The van der Waals surface area contributed by atoms with Gasteiger partial charge in [-0.25, -0.2) is 0 Å². The van der Waals surface area contributed by atoms with Crippen molar-refractivity contribution in [2.24, 2.45) is 0 Å². The predicted molar refractivity (Wildman–Crippen MR) is 92.6 cm³/mol. The van der Waals surface area contributed by atoms with Crippen LogP contribution in [-0.4, -0.2) is 34.3 Å². The second kappa shape index (κ2) is 4.30. The van der Waals surface area contributed by atoms with E-state index in [-0.39, 0.29) is 5.03 Å². The normalized spacial score (nSPS) is 31.7. The lowest BCUT2D eigenvalue weighted by molar-refractivity contribution is -0.157. The molecule has 0 bridgehead atoms. The zero-order valence-electron chi connectivity index (χ0n) is 13.5. The lowest BCUT2D eigenvalue weighted by Crippen LogP contribution is -2.67. The van der Waals surface area contributed by atoms with Crippen molar-refractivity contribution in [2.75, 3.05) is 0 Å². The summed E-state index contributed by atoms with van der Waals surface area (Å²) in [5.41, 5.74) is -3.97. The van der Waals surface area contributed by atoms with E-state index in [0.29, 0.717) is 11.5 Å².